The van der Waals surface area contributed by atoms with Gasteiger partial charge in [0.25, 0.3) is 0 Å². The Kier molecular flexibility index (Phi) is 2.59. The van der Waals surface area contributed by atoms with E-state index in [9.17, 15) is 13.5 Å². The number of nitrogens with zero attached hydrogens (tertiary/aromatic N) is 1. The van der Waals surface area contributed by atoms with Crippen LogP contribution in [0.5, 0.6) is 0 Å². The van der Waals surface area contributed by atoms with Gasteiger partial charge in [0.05, 0.1) is 6.61 Å². The van der Waals surface area contributed by atoms with Crippen LogP contribution in [0.1, 0.15) is 44.3 Å². The molecule has 0 bridgehead atoms. The Morgan fingerprint density at radius 3 is 2.67 bits per heavy atom. The average molecular weight is 270 g/mol. The van der Waals surface area contributed by atoms with E-state index in [1.807, 2.05) is 11.5 Å². The molecule has 2 N–H and O–H groups in total. The van der Waals surface area contributed by atoms with Crippen molar-refractivity contribution in [2.75, 3.05) is 0 Å². The Morgan fingerprint density at radius 1 is 1.50 bits per heavy atom. The van der Waals surface area contributed by atoms with E-state index in [4.69, 9.17) is 0 Å². The monoisotopic (exact) mass is 270 g/mol. The van der Waals surface area contributed by atoms with Gasteiger partial charge < -0.3 is 9.67 Å². The molecule has 0 aliphatic heterocycles. The summed E-state index contributed by atoms with van der Waals surface area (Å²) in [5.74, 6) is 0. The van der Waals surface area contributed by atoms with E-state index < -0.39 is 10.0 Å². The smallest absolute Gasteiger partial charge is 0.242 e. The normalized spacial score (nSPS) is 22.1. The second kappa shape index (κ2) is 3.82. The molecule has 5 nitrogen and oxygen atoms in total. The van der Waals surface area contributed by atoms with Crippen LogP contribution in [0, 0.1) is 0 Å². The summed E-state index contributed by atoms with van der Waals surface area (Å²) in [4.78, 5) is 0.270. The summed E-state index contributed by atoms with van der Waals surface area (Å²) in [6, 6.07) is 1.94. The van der Waals surface area contributed by atoms with Crippen LogP contribution in [-0.2, 0) is 16.6 Å². The maximum Gasteiger partial charge on any atom is 0.242 e. The largest absolute Gasteiger partial charge is 0.390 e. The number of aromatic nitrogens is 1. The lowest BCUT2D eigenvalue weighted by atomic mass is 10.4. The molecule has 2 aliphatic rings. The summed E-state index contributed by atoms with van der Waals surface area (Å²) in [5.41, 5.74) is 0.415. The molecular weight excluding hydrogens is 252 g/mol. The van der Waals surface area contributed by atoms with Crippen LogP contribution >= 0.6 is 0 Å². The van der Waals surface area contributed by atoms with Crippen LogP contribution < -0.4 is 4.72 Å². The van der Waals surface area contributed by atoms with E-state index in [0.717, 1.165) is 25.7 Å². The van der Waals surface area contributed by atoms with Crippen LogP contribution in [0.2, 0.25) is 0 Å². The summed E-state index contributed by atoms with van der Waals surface area (Å²) in [7, 11) is -3.45. The minimum Gasteiger partial charge on any atom is -0.390 e. The molecule has 6 heteroatoms. The van der Waals surface area contributed by atoms with E-state index in [-0.39, 0.29) is 17.0 Å². The van der Waals surface area contributed by atoms with Crippen molar-refractivity contribution in [3.63, 3.8) is 0 Å². The predicted octanol–water partition coefficient (Wildman–Crippen LogP) is 1.15. The summed E-state index contributed by atoms with van der Waals surface area (Å²) >= 11 is 0. The van der Waals surface area contributed by atoms with Gasteiger partial charge in [-0.05, 0) is 38.7 Å². The lowest BCUT2D eigenvalue weighted by Gasteiger charge is -2.10. The van der Waals surface area contributed by atoms with Crippen molar-refractivity contribution in [3.8, 4) is 0 Å². The summed E-state index contributed by atoms with van der Waals surface area (Å²) in [6.07, 6.45) is 5.56. The molecule has 0 amide bonds. The van der Waals surface area contributed by atoms with E-state index >= 15 is 0 Å². The summed E-state index contributed by atoms with van der Waals surface area (Å²) in [5, 5.41) is 9.28. The summed E-state index contributed by atoms with van der Waals surface area (Å²) in [6.45, 7) is 1.79. The molecule has 0 saturated heterocycles. The fourth-order valence-electron chi connectivity index (χ4n) is 2.14. The van der Waals surface area contributed by atoms with Crippen molar-refractivity contribution in [3.05, 3.63) is 18.0 Å². The quantitative estimate of drug-likeness (QED) is 0.843. The van der Waals surface area contributed by atoms with Crippen molar-refractivity contribution in [1.29, 1.82) is 0 Å². The average Bonchev–Trinajstić information content (AvgIpc) is 3.20. The SMILES string of the molecule is CC1(NS(=O)(=O)c2cc(CO)n(C3CC3)c2)CC1. The zero-order valence-corrected chi connectivity index (χ0v) is 11.2. The second-order valence-electron chi connectivity index (χ2n) is 5.63. The van der Waals surface area contributed by atoms with Gasteiger partial charge in [-0.15, -0.1) is 0 Å². The molecule has 2 aliphatic carbocycles. The van der Waals surface area contributed by atoms with Crippen LogP contribution in [0.3, 0.4) is 0 Å². The molecule has 1 aromatic heterocycles. The highest BCUT2D eigenvalue weighted by Crippen LogP contribution is 2.39. The highest BCUT2D eigenvalue weighted by Gasteiger charge is 2.41. The van der Waals surface area contributed by atoms with Gasteiger partial charge in [0.1, 0.15) is 4.90 Å². The molecule has 1 aromatic rings. The standard InChI is InChI=1S/C12H18N2O3S/c1-12(4-5-12)13-18(16,17)11-6-10(8-15)14(7-11)9-2-3-9/h6-7,9,13,15H,2-5,8H2,1H3. The maximum atomic E-state index is 12.2. The first-order valence-corrected chi connectivity index (χ1v) is 7.77. The molecule has 0 spiro atoms. The Hall–Kier alpha value is -0.850. The van der Waals surface area contributed by atoms with Crippen molar-refractivity contribution in [2.24, 2.45) is 0 Å². The molecule has 0 aromatic carbocycles. The third-order valence-corrected chi connectivity index (χ3v) is 5.31. The zero-order chi connectivity index (χ0) is 13.0. The van der Waals surface area contributed by atoms with Gasteiger partial charge in [-0.25, -0.2) is 13.1 Å². The number of hydrogen-bond acceptors (Lipinski definition) is 3. The molecule has 0 atom stereocenters. The third kappa shape index (κ3) is 2.20. The van der Waals surface area contributed by atoms with Gasteiger partial charge in [-0.2, -0.15) is 0 Å². The topological polar surface area (TPSA) is 71.3 Å². The van der Waals surface area contributed by atoms with E-state index in [1.165, 1.54) is 0 Å². The predicted molar refractivity (Wildman–Crippen MR) is 66.6 cm³/mol. The van der Waals surface area contributed by atoms with Gasteiger partial charge in [-0.3, -0.25) is 0 Å². The van der Waals surface area contributed by atoms with Crippen LogP contribution in [0.4, 0.5) is 0 Å². The second-order valence-corrected chi connectivity index (χ2v) is 7.31. The van der Waals surface area contributed by atoms with Crippen molar-refractivity contribution in [1.82, 2.24) is 9.29 Å². The van der Waals surface area contributed by atoms with Crippen LogP contribution in [-0.4, -0.2) is 23.6 Å². The van der Waals surface area contributed by atoms with Gasteiger partial charge in [0.2, 0.25) is 10.0 Å². The molecule has 0 radical (unpaired) electrons. The number of rotatable bonds is 5. The molecule has 2 saturated carbocycles. The highest BCUT2D eigenvalue weighted by molar-refractivity contribution is 7.89. The fraction of sp³-hybridized carbons (Fsp3) is 0.667. The lowest BCUT2D eigenvalue weighted by Crippen LogP contribution is -2.34. The molecular formula is C12H18N2O3S. The Morgan fingerprint density at radius 2 is 2.17 bits per heavy atom. The fourth-order valence-corrected chi connectivity index (χ4v) is 3.65. The Balaban J connectivity index is 1.91. The minimum absolute atomic E-state index is 0.122. The lowest BCUT2D eigenvalue weighted by molar-refractivity contribution is 0.270. The van der Waals surface area contributed by atoms with Crippen LogP contribution in [0.15, 0.2) is 17.2 Å². The first kappa shape index (κ1) is 12.2. The highest BCUT2D eigenvalue weighted by atomic mass is 32.2. The van der Waals surface area contributed by atoms with E-state index in [1.54, 1.807) is 12.3 Å². The number of aliphatic hydroxyl groups is 1. The van der Waals surface area contributed by atoms with Crippen molar-refractivity contribution in [2.45, 2.75) is 55.7 Å². The number of hydrogen-bond donors (Lipinski definition) is 2. The van der Waals surface area contributed by atoms with Gasteiger partial charge >= 0.3 is 0 Å². The van der Waals surface area contributed by atoms with Gasteiger partial charge in [0, 0.05) is 23.5 Å². The maximum absolute atomic E-state index is 12.2. The summed E-state index contributed by atoms with van der Waals surface area (Å²) < 4.78 is 29.0. The zero-order valence-electron chi connectivity index (χ0n) is 10.4. The van der Waals surface area contributed by atoms with Gasteiger partial charge in [0.15, 0.2) is 0 Å². The number of nitrogens with one attached hydrogen (secondary N) is 1. The first-order valence-electron chi connectivity index (χ1n) is 6.29. The van der Waals surface area contributed by atoms with Crippen molar-refractivity contribution < 1.29 is 13.5 Å². The van der Waals surface area contributed by atoms with Gasteiger partial charge in [-0.1, -0.05) is 0 Å². The molecule has 2 fully saturated rings. The molecule has 18 heavy (non-hydrogen) atoms. The third-order valence-electron chi connectivity index (χ3n) is 3.70. The van der Waals surface area contributed by atoms with Crippen molar-refractivity contribution >= 4 is 10.0 Å². The number of sulfonamides is 1. The molecule has 0 unspecified atom stereocenters. The Labute approximate surface area is 107 Å². The molecule has 3 rings (SSSR count). The molecule has 100 valence electrons. The number of aliphatic hydroxyl groups excluding tert-OH is 1. The minimum atomic E-state index is -3.45. The van der Waals surface area contributed by atoms with E-state index in [0.29, 0.717) is 11.7 Å². The first-order chi connectivity index (χ1) is 8.43. The van der Waals surface area contributed by atoms with Crippen LogP contribution in [0.25, 0.3) is 0 Å². The Bertz CT molecular complexity index is 568. The van der Waals surface area contributed by atoms with E-state index in [2.05, 4.69) is 4.72 Å². The molecule has 1 heterocycles.